The molecule has 0 saturated carbocycles. The van der Waals surface area contributed by atoms with Gasteiger partial charge in [0.2, 0.25) is 11.4 Å². The van der Waals surface area contributed by atoms with Crippen LogP contribution >= 0.6 is 0 Å². The number of carbonyl (C=O) groups excluding carboxylic acids is 3. The molecule has 9 heteroatoms. The summed E-state index contributed by atoms with van der Waals surface area (Å²) in [5.74, 6) is -1.87. The van der Waals surface area contributed by atoms with Gasteiger partial charge < -0.3 is 14.7 Å². The van der Waals surface area contributed by atoms with Crippen LogP contribution in [0, 0.1) is 13.8 Å². The number of nitrogens with zero attached hydrogens (tertiary/aromatic N) is 2. The fraction of sp³-hybridized carbons (Fsp3) is 0.400. The summed E-state index contributed by atoms with van der Waals surface area (Å²) in [7, 11) is 1.32. The van der Waals surface area contributed by atoms with Gasteiger partial charge in [0.15, 0.2) is 23.0 Å². The molecule has 0 unspecified atom stereocenters. The van der Waals surface area contributed by atoms with Gasteiger partial charge in [-0.1, -0.05) is 38.3 Å². The monoisotopic (exact) mass is 602 g/mol. The van der Waals surface area contributed by atoms with Crippen LogP contribution in [0.5, 0.6) is 0 Å². The van der Waals surface area contributed by atoms with E-state index in [4.69, 9.17) is 14.7 Å². The quantitative estimate of drug-likeness (QED) is 0.169. The Bertz CT molecular complexity index is 1950. The van der Waals surface area contributed by atoms with Crippen LogP contribution in [-0.2, 0) is 9.53 Å². The van der Waals surface area contributed by atoms with E-state index in [1.165, 1.54) is 7.11 Å². The van der Waals surface area contributed by atoms with E-state index in [1.54, 1.807) is 6.92 Å². The number of Topliss-reactive ketones (excluding diaryl/α,β-unsaturated/α-hetero) is 2. The Morgan fingerprint density at radius 1 is 0.955 bits per heavy atom. The van der Waals surface area contributed by atoms with E-state index in [0.717, 1.165) is 69.8 Å². The summed E-state index contributed by atoms with van der Waals surface area (Å²) in [6, 6.07) is 5.98. The summed E-state index contributed by atoms with van der Waals surface area (Å²) in [4.78, 5) is 57.3. The van der Waals surface area contributed by atoms with Crippen LogP contribution in [0.25, 0.3) is 33.2 Å². The molecule has 1 aliphatic carbocycles. The SMILES string of the molecule is CCC[C@@H]1c2[nH+]c(cc3[n-]c(cc4[nH+]c(cc5[n-]c6c(c5C)C(=O)[C@H](C(=O)OC)c26)C(CC)=C4C)c(C(C)=O)c3C)[C@H]1C.[Mg+2]. The van der Waals surface area contributed by atoms with E-state index >= 15 is 0 Å². The second-order valence-corrected chi connectivity index (χ2v) is 12.0. The van der Waals surface area contributed by atoms with Gasteiger partial charge in [0.1, 0.15) is 5.92 Å². The van der Waals surface area contributed by atoms with Crippen LogP contribution in [0.4, 0.5) is 0 Å². The number of nitrogens with one attached hydrogen (secondary N) is 2. The van der Waals surface area contributed by atoms with Gasteiger partial charge in [-0.3, -0.25) is 14.4 Å². The van der Waals surface area contributed by atoms with Crippen LogP contribution < -0.4 is 19.9 Å². The molecule has 3 aliphatic rings. The van der Waals surface area contributed by atoms with Gasteiger partial charge in [-0.2, -0.15) is 0 Å². The second kappa shape index (κ2) is 11.7. The van der Waals surface area contributed by atoms with Crippen molar-refractivity contribution in [3.63, 3.8) is 0 Å². The first-order valence-corrected chi connectivity index (χ1v) is 15.1. The number of aromatic nitrogens is 4. The van der Waals surface area contributed by atoms with Crippen LogP contribution in [0.1, 0.15) is 132 Å². The van der Waals surface area contributed by atoms with Crippen molar-refractivity contribution in [2.75, 3.05) is 7.11 Å². The maximum absolute atomic E-state index is 14.0. The number of H-pyrrole nitrogens is 2. The zero-order valence-electron chi connectivity index (χ0n) is 26.8. The maximum Gasteiger partial charge on any atom is 2.00 e. The molecule has 222 valence electrons. The van der Waals surface area contributed by atoms with Gasteiger partial charge in [-0.15, -0.1) is 22.1 Å². The third-order valence-corrected chi connectivity index (χ3v) is 9.62. The first-order valence-electron chi connectivity index (χ1n) is 15.1. The fourth-order valence-electron chi connectivity index (χ4n) is 7.31. The average Bonchev–Trinajstić information content (AvgIpc) is 3.70. The normalized spacial score (nSPS) is 18.9. The molecule has 0 fully saturated rings. The zero-order valence-corrected chi connectivity index (χ0v) is 28.2. The van der Waals surface area contributed by atoms with Gasteiger partial charge in [-0.25, -0.2) is 9.97 Å². The Morgan fingerprint density at radius 3 is 2.27 bits per heavy atom. The third kappa shape index (κ3) is 4.67. The molecule has 2 N–H and O–H groups in total. The first kappa shape index (κ1) is 31.8. The standard InChI is InChI=1S/C35H37N4O4.Mg/c1-9-11-21-16(4)23-12-24-17(5)28(19(7)40)27(37-24)14-22-15(3)20(10-2)26(36-22)13-25-18(6)29-33(39-25)30(32(21)38-23)31(34(29)41)35(42)43-8;/h12-14,16,21,31H,9-11H2,1-8H3,(H-,36,37,38,39,40,41);/q-1;+2/p+1/t16-,21-,31+;/m0./s1. The smallest absolute Gasteiger partial charge is 0.657 e. The first-order chi connectivity index (χ1) is 20.5. The number of rotatable bonds is 5. The molecular formula is C35H38MgN4O4+2. The fourth-order valence-corrected chi connectivity index (χ4v) is 7.31. The van der Waals surface area contributed by atoms with Crippen molar-refractivity contribution in [1.82, 2.24) is 9.97 Å². The number of methoxy groups -OCH3 is 1. The van der Waals surface area contributed by atoms with E-state index in [1.807, 2.05) is 32.0 Å². The molecule has 0 saturated heterocycles. The van der Waals surface area contributed by atoms with Crippen molar-refractivity contribution >= 4 is 73.8 Å². The number of esters is 1. The summed E-state index contributed by atoms with van der Waals surface area (Å²) in [5.41, 5.74) is 11.7. The van der Waals surface area contributed by atoms with Crippen LogP contribution in [-0.4, -0.2) is 47.7 Å². The van der Waals surface area contributed by atoms with Crippen molar-refractivity contribution < 1.29 is 29.1 Å². The summed E-state index contributed by atoms with van der Waals surface area (Å²) < 4.78 is 5.18. The Kier molecular flexibility index (Phi) is 8.50. The van der Waals surface area contributed by atoms with Crippen molar-refractivity contribution in [3.8, 4) is 0 Å². The molecule has 0 amide bonds. The Balaban J connectivity index is 0.00000384. The van der Waals surface area contributed by atoms with Crippen molar-refractivity contribution in [1.29, 1.82) is 0 Å². The molecule has 3 aromatic rings. The summed E-state index contributed by atoms with van der Waals surface area (Å²) in [6.45, 7) is 13.9. The minimum absolute atomic E-state index is 0. The van der Waals surface area contributed by atoms with Crippen molar-refractivity contribution in [2.45, 2.75) is 85.5 Å². The number of aryl methyl sites for hydroxylation is 2. The van der Waals surface area contributed by atoms with Gasteiger partial charge in [0.25, 0.3) is 0 Å². The minimum Gasteiger partial charge on any atom is -0.657 e. The van der Waals surface area contributed by atoms with Gasteiger partial charge >= 0.3 is 29.0 Å². The Morgan fingerprint density at radius 2 is 1.64 bits per heavy atom. The summed E-state index contributed by atoms with van der Waals surface area (Å²) >= 11 is 0. The Labute approximate surface area is 273 Å². The molecule has 0 spiro atoms. The van der Waals surface area contributed by atoms with E-state index in [2.05, 4.69) is 37.7 Å². The zero-order chi connectivity index (χ0) is 30.9. The summed E-state index contributed by atoms with van der Waals surface area (Å²) in [6.07, 6.45) is 2.56. The van der Waals surface area contributed by atoms with Crippen molar-refractivity contribution in [2.24, 2.45) is 0 Å². The van der Waals surface area contributed by atoms with E-state index in [0.29, 0.717) is 33.2 Å². The molecule has 6 rings (SSSR count). The molecule has 3 aromatic heterocycles. The van der Waals surface area contributed by atoms with Crippen molar-refractivity contribution in [3.05, 3.63) is 68.8 Å². The number of allylic oxidation sites excluding steroid dienone is 2. The second-order valence-electron chi connectivity index (χ2n) is 12.0. The average molecular weight is 603 g/mol. The minimum atomic E-state index is -1.07. The molecule has 44 heavy (non-hydrogen) atoms. The molecule has 0 aromatic carbocycles. The topological polar surface area (TPSA) is 117 Å². The molecule has 8 bridgehead atoms. The number of ether oxygens (including phenoxy) is 1. The van der Waals surface area contributed by atoms with Gasteiger partial charge in [-0.05, 0) is 58.7 Å². The van der Waals surface area contributed by atoms with E-state index < -0.39 is 11.9 Å². The molecule has 0 radical (unpaired) electrons. The number of aromatic amines is 2. The molecule has 5 heterocycles. The van der Waals surface area contributed by atoms with Gasteiger partial charge in [0, 0.05) is 27.8 Å². The number of ketones is 2. The largest absolute Gasteiger partial charge is 2.00 e. The van der Waals surface area contributed by atoms with Crippen LogP contribution in [0.3, 0.4) is 0 Å². The van der Waals surface area contributed by atoms with E-state index in [9.17, 15) is 14.4 Å². The van der Waals surface area contributed by atoms with Crippen LogP contribution in [0.2, 0.25) is 0 Å². The predicted octanol–water partition coefficient (Wildman–Crippen LogP) is 5.33. The van der Waals surface area contributed by atoms with Crippen LogP contribution in [0.15, 0.2) is 18.2 Å². The van der Waals surface area contributed by atoms with Gasteiger partial charge in [0.05, 0.1) is 18.9 Å². The molecule has 2 aliphatic heterocycles. The number of hydrogen-bond acceptors (Lipinski definition) is 4. The predicted molar refractivity (Wildman–Crippen MR) is 170 cm³/mol. The van der Waals surface area contributed by atoms with E-state index in [-0.39, 0.29) is 46.5 Å². The number of carbonyl (C=O) groups is 3. The Hall–Kier alpha value is -3.56. The maximum atomic E-state index is 14.0. The molecular weight excluding hydrogens is 565 g/mol. The number of fused-ring (bicyclic) bond motifs is 8. The molecule has 3 atom stereocenters. The number of hydrogen-bond donors (Lipinski definition) is 0. The summed E-state index contributed by atoms with van der Waals surface area (Å²) in [5, 5.41) is 0. The molecule has 8 nitrogen and oxygen atoms in total. The third-order valence-electron chi connectivity index (χ3n) is 9.62.